The van der Waals surface area contributed by atoms with Crippen molar-refractivity contribution in [1.29, 1.82) is 0 Å². The fourth-order valence-corrected chi connectivity index (χ4v) is 0. The molecule has 0 aromatic rings. The quantitative estimate of drug-likeness (QED) is 0.304. The van der Waals surface area contributed by atoms with Crippen LogP contribution in [0.5, 0.6) is 0 Å². The van der Waals surface area contributed by atoms with Crippen molar-refractivity contribution in [3.05, 3.63) is 0 Å². The SMILES string of the molecule is O.O.O.O.O.O.[Mg+2].[Mg+2].[Mg+2].[O-]P([O-])[O-].[O-]P([O-])[O-]. The Bertz CT molecular complexity index is 35.2. The molecule has 0 saturated heterocycles. The van der Waals surface area contributed by atoms with E-state index in [9.17, 15) is 0 Å². The molecule has 0 spiro atoms. The van der Waals surface area contributed by atoms with Gasteiger partial charge in [0.05, 0.1) is 0 Å². The van der Waals surface area contributed by atoms with Gasteiger partial charge in [-0.25, -0.2) is 0 Å². The zero-order valence-corrected chi connectivity index (χ0v) is 14.5. The van der Waals surface area contributed by atoms with Crippen molar-refractivity contribution in [2.75, 3.05) is 0 Å². The molecule has 0 unspecified atom stereocenters. The first-order valence-corrected chi connectivity index (χ1v) is 3.29. The molecular formula is H12Mg3O12P2. The summed E-state index contributed by atoms with van der Waals surface area (Å²) in [6.07, 6.45) is 0. The van der Waals surface area contributed by atoms with Crippen LogP contribution in [-0.4, -0.2) is 102 Å². The second-order valence-corrected chi connectivity index (χ2v) is 1.34. The molecule has 0 radical (unpaired) electrons. The van der Waals surface area contributed by atoms with Gasteiger partial charge in [0.25, 0.3) is 0 Å². The normalized spacial score (nSPS) is 4.24. The molecule has 17 heavy (non-hydrogen) atoms. The maximum absolute atomic E-state index is 8.48. The van der Waals surface area contributed by atoms with E-state index in [1.54, 1.807) is 0 Å². The molecular weight excluding hydrogens is 327 g/mol. The zero-order chi connectivity index (χ0) is 7.15. The van der Waals surface area contributed by atoms with Crippen molar-refractivity contribution in [2.45, 2.75) is 0 Å². The summed E-state index contributed by atoms with van der Waals surface area (Å²) in [6, 6.07) is 0. The van der Waals surface area contributed by atoms with E-state index in [1.165, 1.54) is 0 Å². The molecule has 17 heteroatoms. The third-order valence-electron chi connectivity index (χ3n) is 0. The molecule has 0 saturated carbocycles. The summed E-state index contributed by atoms with van der Waals surface area (Å²) in [5.74, 6) is 0. The molecule has 12 N–H and O–H groups in total. The van der Waals surface area contributed by atoms with E-state index < -0.39 is 17.2 Å². The first kappa shape index (κ1) is 91.2. The largest absolute Gasteiger partial charge is 2.00 e. The molecule has 0 atom stereocenters. The first-order chi connectivity index (χ1) is 3.46. The van der Waals surface area contributed by atoms with Crippen LogP contribution in [0.4, 0.5) is 0 Å². The molecule has 0 amide bonds. The van der Waals surface area contributed by atoms with Gasteiger partial charge >= 0.3 is 69.2 Å². The van der Waals surface area contributed by atoms with E-state index in [1.807, 2.05) is 0 Å². The standard InChI is InChI=1S/3Mg.2O3P.6H2O/c;;;2*1-4(2)3;;;;;;/h;;;;;6*1H2/q3*+2;2*-3;;;;;;. The molecule has 0 aromatic heterocycles. The molecule has 100 valence electrons. The van der Waals surface area contributed by atoms with Gasteiger partial charge in [0.15, 0.2) is 0 Å². The zero-order valence-electron chi connectivity index (χ0n) is 8.47. The Morgan fingerprint density at radius 2 is 0.353 bits per heavy atom. The molecule has 0 aromatic carbocycles. The minimum absolute atomic E-state index is 0. The van der Waals surface area contributed by atoms with Crippen LogP contribution < -0.4 is 29.4 Å². The van der Waals surface area contributed by atoms with Gasteiger partial charge in [0.2, 0.25) is 0 Å². The summed E-state index contributed by atoms with van der Waals surface area (Å²) in [4.78, 5) is 50.9. The van der Waals surface area contributed by atoms with E-state index in [-0.39, 0.29) is 102 Å². The minimum Gasteiger partial charge on any atom is -0.854 e. The fourth-order valence-electron chi connectivity index (χ4n) is 0. The van der Waals surface area contributed by atoms with E-state index in [4.69, 9.17) is 29.4 Å². The fraction of sp³-hybridized carbons (Fsp3) is 0. The molecule has 0 aliphatic carbocycles. The van der Waals surface area contributed by atoms with Crippen LogP contribution in [-0.2, 0) is 0 Å². The molecule has 0 heterocycles. The van der Waals surface area contributed by atoms with Crippen molar-refractivity contribution in [3.8, 4) is 0 Å². The predicted molar refractivity (Wildman–Crippen MR) is 52.8 cm³/mol. The van der Waals surface area contributed by atoms with Gasteiger partial charge in [0, 0.05) is 0 Å². The minimum atomic E-state index is -3.37. The van der Waals surface area contributed by atoms with Crippen LogP contribution in [0.25, 0.3) is 0 Å². The van der Waals surface area contributed by atoms with Gasteiger partial charge in [-0.2, -0.15) is 0 Å². The van der Waals surface area contributed by atoms with Crippen LogP contribution in [0.15, 0.2) is 0 Å². The summed E-state index contributed by atoms with van der Waals surface area (Å²) in [5, 5.41) is 0. The summed E-state index contributed by atoms with van der Waals surface area (Å²) in [7, 11) is -6.74. The van der Waals surface area contributed by atoms with Crippen LogP contribution >= 0.6 is 17.2 Å². The second-order valence-electron chi connectivity index (χ2n) is 0.447. The van der Waals surface area contributed by atoms with Crippen LogP contribution in [0.1, 0.15) is 0 Å². The Morgan fingerprint density at radius 1 is 0.353 bits per heavy atom. The number of rotatable bonds is 0. The summed E-state index contributed by atoms with van der Waals surface area (Å²) < 4.78 is 0. The van der Waals surface area contributed by atoms with Crippen molar-refractivity contribution in [2.24, 2.45) is 0 Å². The van der Waals surface area contributed by atoms with Gasteiger partial charge < -0.3 is 79.4 Å². The van der Waals surface area contributed by atoms with Crippen molar-refractivity contribution < 1.29 is 62.2 Å². The average Bonchev–Trinajstić information content (AvgIpc) is 1.25. The average molecular weight is 339 g/mol. The van der Waals surface area contributed by atoms with Crippen LogP contribution in [0, 0.1) is 0 Å². The maximum Gasteiger partial charge on any atom is 2.00 e. The Balaban J connectivity index is -0.00000000308. The van der Waals surface area contributed by atoms with Crippen LogP contribution in [0.2, 0.25) is 0 Å². The second kappa shape index (κ2) is 77.5. The molecule has 0 aliphatic heterocycles. The Labute approximate surface area is 147 Å². The third-order valence-corrected chi connectivity index (χ3v) is 0. The Hall–Kier alpha value is 2.68. The van der Waals surface area contributed by atoms with Crippen LogP contribution in [0.3, 0.4) is 0 Å². The number of hydrogen-bond acceptors (Lipinski definition) is 6. The van der Waals surface area contributed by atoms with Crippen molar-refractivity contribution in [3.63, 3.8) is 0 Å². The Morgan fingerprint density at radius 3 is 0.353 bits per heavy atom. The molecule has 12 nitrogen and oxygen atoms in total. The van der Waals surface area contributed by atoms with Gasteiger partial charge in [-0.15, -0.1) is 0 Å². The van der Waals surface area contributed by atoms with E-state index in [2.05, 4.69) is 0 Å². The van der Waals surface area contributed by atoms with Gasteiger partial charge in [-0.3, -0.25) is 0 Å². The maximum atomic E-state index is 8.48. The number of hydrogen-bond donors (Lipinski definition) is 0. The molecule has 0 fully saturated rings. The predicted octanol–water partition coefficient (Wildman–Crippen LogP) is -11.5. The topological polar surface area (TPSA) is 327 Å². The van der Waals surface area contributed by atoms with Crippen molar-refractivity contribution >= 4 is 86.4 Å². The first-order valence-electron chi connectivity index (χ1n) is 1.10. The molecule has 0 aliphatic rings. The summed E-state index contributed by atoms with van der Waals surface area (Å²) >= 11 is 0. The van der Waals surface area contributed by atoms with Crippen molar-refractivity contribution in [1.82, 2.24) is 0 Å². The smallest absolute Gasteiger partial charge is 0.854 e. The van der Waals surface area contributed by atoms with Gasteiger partial charge in [-0.1, -0.05) is 0 Å². The van der Waals surface area contributed by atoms with Gasteiger partial charge in [-0.05, 0) is 0 Å². The van der Waals surface area contributed by atoms with E-state index in [0.717, 1.165) is 0 Å². The monoisotopic (exact) mass is 338 g/mol. The summed E-state index contributed by atoms with van der Waals surface area (Å²) in [6.45, 7) is 0. The van der Waals surface area contributed by atoms with Gasteiger partial charge in [0.1, 0.15) is 0 Å². The third kappa shape index (κ3) is 724. The molecule has 0 rings (SSSR count). The molecule has 0 bridgehead atoms. The van der Waals surface area contributed by atoms with E-state index >= 15 is 0 Å². The van der Waals surface area contributed by atoms with E-state index in [0.29, 0.717) is 0 Å². The Kier molecular flexibility index (Phi) is 416. The summed E-state index contributed by atoms with van der Waals surface area (Å²) in [5.41, 5.74) is 0.